The maximum atomic E-state index is 4.55. The summed E-state index contributed by atoms with van der Waals surface area (Å²) < 4.78 is 1.96. The normalized spacial score (nSPS) is 10.4. The molecule has 0 saturated carbocycles. The van der Waals surface area contributed by atoms with Crippen LogP contribution in [0.4, 0.5) is 0 Å². The van der Waals surface area contributed by atoms with Gasteiger partial charge in [-0.05, 0) is 6.07 Å². The Morgan fingerprint density at radius 3 is 3.09 bits per heavy atom. The average Bonchev–Trinajstić information content (AvgIpc) is 2.01. The molecular formula is C8H11N2O+. The van der Waals surface area contributed by atoms with Gasteiger partial charge in [0, 0.05) is 6.07 Å². The third-order valence-corrected chi connectivity index (χ3v) is 1.27. The fourth-order valence-electron chi connectivity index (χ4n) is 0.801. The standard InChI is InChI=1S/C8H11N2O/c1-10-5-3-4-8(7-10)6-9-11-2/h3-7H,1-2H3/q+1. The van der Waals surface area contributed by atoms with E-state index in [-0.39, 0.29) is 0 Å². The molecule has 1 heterocycles. The van der Waals surface area contributed by atoms with Gasteiger partial charge in [-0.15, -0.1) is 0 Å². The molecule has 1 aromatic rings. The smallest absolute Gasteiger partial charge is 0.177 e. The fraction of sp³-hybridized carbons (Fsp3) is 0.250. The van der Waals surface area contributed by atoms with Crippen molar-refractivity contribution in [2.24, 2.45) is 12.2 Å². The van der Waals surface area contributed by atoms with Crippen LogP contribution in [-0.4, -0.2) is 13.3 Å². The molecule has 11 heavy (non-hydrogen) atoms. The van der Waals surface area contributed by atoms with Gasteiger partial charge in [0.15, 0.2) is 12.4 Å². The van der Waals surface area contributed by atoms with Crippen molar-refractivity contribution in [2.75, 3.05) is 7.11 Å². The lowest BCUT2D eigenvalue weighted by Crippen LogP contribution is -2.26. The number of hydrogen-bond donors (Lipinski definition) is 0. The van der Waals surface area contributed by atoms with Crippen LogP contribution in [-0.2, 0) is 11.9 Å². The number of aromatic nitrogens is 1. The van der Waals surface area contributed by atoms with Gasteiger partial charge in [-0.2, -0.15) is 0 Å². The van der Waals surface area contributed by atoms with Gasteiger partial charge >= 0.3 is 0 Å². The minimum Gasteiger partial charge on any atom is -0.399 e. The molecule has 1 rings (SSSR count). The number of hydrogen-bond acceptors (Lipinski definition) is 2. The monoisotopic (exact) mass is 151 g/mol. The highest BCUT2D eigenvalue weighted by molar-refractivity contribution is 5.77. The van der Waals surface area contributed by atoms with Crippen LogP contribution in [0.1, 0.15) is 5.56 Å². The summed E-state index contributed by atoms with van der Waals surface area (Å²) >= 11 is 0. The minimum atomic E-state index is 1.02. The molecule has 0 fully saturated rings. The van der Waals surface area contributed by atoms with Crippen LogP contribution in [0.25, 0.3) is 0 Å². The second-order valence-electron chi connectivity index (χ2n) is 2.22. The molecule has 0 bridgehead atoms. The molecule has 0 saturated heterocycles. The van der Waals surface area contributed by atoms with Crippen molar-refractivity contribution < 1.29 is 9.40 Å². The molecule has 0 aliphatic rings. The van der Waals surface area contributed by atoms with Crippen molar-refractivity contribution in [3.8, 4) is 0 Å². The Labute approximate surface area is 65.9 Å². The van der Waals surface area contributed by atoms with E-state index in [1.165, 1.54) is 7.11 Å². The molecular weight excluding hydrogens is 140 g/mol. The summed E-state index contributed by atoms with van der Waals surface area (Å²) in [6.45, 7) is 0. The Bertz CT molecular complexity index is 258. The summed E-state index contributed by atoms with van der Waals surface area (Å²) in [6.07, 6.45) is 5.59. The van der Waals surface area contributed by atoms with Crippen LogP contribution >= 0.6 is 0 Å². The van der Waals surface area contributed by atoms with Gasteiger partial charge in [0.2, 0.25) is 0 Å². The van der Waals surface area contributed by atoms with Crippen molar-refractivity contribution in [2.45, 2.75) is 0 Å². The lowest BCUT2D eigenvalue weighted by molar-refractivity contribution is -0.671. The maximum Gasteiger partial charge on any atom is 0.177 e. The van der Waals surface area contributed by atoms with Crippen molar-refractivity contribution in [1.29, 1.82) is 0 Å². The number of rotatable bonds is 2. The first-order valence-corrected chi connectivity index (χ1v) is 3.35. The van der Waals surface area contributed by atoms with Gasteiger partial charge < -0.3 is 4.84 Å². The summed E-state index contributed by atoms with van der Waals surface area (Å²) in [5, 5.41) is 3.64. The molecule has 0 radical (unpaired) electrons. The van der Waals surface area contributed by atoms with Crippen LogP contribution in [0.2, 0.25) is 0 Å². The SMILES string of the molecule is CON=Cc1ccc[n+](C)c1. The predicted molar refractivity (Wildman–Crippen MR) is 42.2 cm³/mol. The predicted octanol–water partition coefficient (Wildman–Crippen LogP) is 0.491. The van der Waals surface area contributed by atoms with E-state index in [0.717, 1.165) is 5.56 Å². The summed E-state index contributed by atoms with van der Waals surface area (Å²) in [5.74, 6) is 0. The van der Waals surface area contributed by atoms with Gasteiger partial charge in [0.1, 0.15) is 14.2 Å². The summed E-state index contributed by atoms with van der Waals surface area (Å²) in [5.41, 5.74) is 1.02. The molecule has 0 aromatic carbocycles. The third-order valence-electron chi connectivity index (χ3n) is 1.27. The Morgan fingerprint density at radius 1 is 1.64 bits per heavy atom. The van der Waals surface area contributed by atoms with Crippen LogP contribution in [0.3, 0.4) is 0 Å². The number of pyridine rings is 1. The first-order valence-electron chi connectivity index (χ1n) is 3.35. The second kappa shape index (κ2) is 3.71. The van der Waals surface area contributed by atoms with Crippen LogP contribution in [0.5, 0.6) is 0 Å². The zero-order valence-electron chi connectivity index (χ0n) is 6.69. The van der Waals surface area contributed by atoms with Crippen molar-refractivity contribution in [1.82, 2.24) is 0 Å². The number of aryl methyl sites for hydroxylation is 1. The van der Waals surface area contributed by atoms with E-state index in [2.05, 4.69) is 9.99 Å². The highest BCUT2D eigenvalue weighted by Crippen LogP contribution is 1.88. The van der Waals surface area contributed by atoms with Gasteiger partial charge in [0.05, 0.1) is 11.8 Å². The molecule has 0 aliphatic carbocycles. The molecule has 0 N–H and O–H groups in total. The highest BCUT2D eigenvalue weighted by Gasteiger charge is 1.92. The molecule has 0 atom stereocenters. The molecule has 0 unspecified atom stereocenters. The van der Waals surface area contributed by atoms with Crippen molar-refractivity contribution in [3.05, 3.63) is 30.1 Å². The first-order chi connectivity index (χ1) is 5.33. The van der Waals surface area contributed by atoms with E-state index < -0.39 is 0 Å². The fourth-order valence-corrected chi connectivity index (χ4v) is 0.801. The lowest BCUT2D eigenvalue weighted by atomic mass is 10.3. The van der Waals surface area contributed by atoms with Gasteiger partial charge in [-0.3, -0.25) is 0 Å². The molecule has 1 aromatic heterocycles. The third kappa shape index (κ3) is 2.37. The zero-order chi connectivity index (χ0) is 8.10. The zero-order valence-corrected chi connectivity index (χ0v) is 6.69. The molecule has 0 aliphatic heterocycles. The Morgan fingerprint density at radius 2 is 2.45 bits per heavy atom. The van der Waals surface area contributed by atoms with E-state index in [4.69, 9.17) is 0 Å². The maximum absolute atomic E-state index is 4.55. The quantitative estimate of drug-likeness (QED) is 0.343. The summed E-state index contributed by atoms with van der Waals surface area (Å²) in [7, 11) is 3.49. The molecule has 0 spiro atoms. The second-order valence-corrected chi connectivity index (χ2v) is 2.22. The highest BCUT2D eigenvalue weighted by atomic mass is 16.6. The minimum absolute atomic E-state index is 1.02. The summed E-state index contributed by atoms with van der Waals surface area (Å²) in [4.78, 5) is 4.55. The Balaban J connectivity index is 2.79. The van der Waals surface area contributed by atoms with E-state index >= 15 is 0 Å². The van der Waals surface area contributed by atoms with E-state index in [1.807, 2.05) is 36.1 Å². The van der Waals surface area contributed by atoms with Crippen molar-refractivity contribution in [3.63, 3.8) is 0 Å². The Kier molecular flexibility index (Phi) is 2.60. The lowest BCUT2D eigenvalue weighted by Gasteiger charge is -1.88. The molecule has 0 amide bonds. The van der Waals surface area contributed by atoms with Gasteiger partial charge in [-0.25, -0.2) is 4.57 Å². The topological polar surface area (TPSA) is 25.5 Å². The number of nitrogens with zero attached hydrogens (tertiary/aromatic N) is 2. The van der Waals surface area contributed by atoms with E-state index in [9.17, 15) is 0 Å². The van der Waals surface area contributed by atoms with E-state index in [0.29, 0.717) is 0 Å². The van der Waals surface area contributed by atoms with Gasteiger partial charge in [-0.1, -0.05) is 5.16 Å². The van der Waals surface area contributed by atoms with Gasteiger partial charge in [0.25, 0.3) is 0 Å². The molecule has 58 valence electrons. The van der Waals surface area contributed by atoms with Crippen molar-refractivity contribution >= 4 is 6.21 Å². The first kappa shape index (κ1) is 7.72. The van der Waals surface area contributed by atoms with Crippen LogP contribution in [0.15, 0.2) is 29.7 Å². The van der Waals surface area contributed by atoms with Crippen LogP contribution in [0, 0.1) is 0 Å². The molecule has 3 nitrogen and oxygen atoms in total. The largest absolute Gasteiger partial charge is 0.399 e. The average molecular weight is 151 g/mol. The van der Waals surface area contributed by atoms with E-state index in [1.54, 1.807) is 6.21 Å². The summed E-state index contributed by atoms with van der Waals surface area (Å²) in [6, 6.07) is 3.92. The molecule has 3 heteroatoms. The Hall–Kier alpha value is -1.38. The van der Waals surface area contributed by atoms with Crippen LogP contribution < -0.4 is 4.57 Å². The number of oxime groups is 1.